The molecule has 0 aromatic heterocycles. The summed E-state index contributed by atoms with van der Waals surface area (Å²) in [5, 5.41) is 32.7. The Labute approximate surface area is 440 Å². The molecule has 17 nitrogen and oxygen atoms in total. The van der Waals surface area contributed by atoms with Crippen molar-refractivity contribution in [3.8, 4) is 46.0 Å². The average molecular weight is 1070 g/mol. The second-order valence-corrected chi connectivity index (χ2v) is 18.1. The van der Waals surface area contributed by atoms with E-state index >= 15 is 0 Å². The van der Waals surface area contributed by atoms with Crippen molar-refractivity contribution >= 4 is 23.4 Å². The molecule has 4 heterocycles. The number of aliphatic carboxylic acids is 1. The fourth-order valence-corrected chi connectivity index (χ4v) is 8.28. The zero-order valence-corrected chi connectivity index (χ0v) is 41.2. The number of nitrogens with two attached hydrogens (primary N) is 1. The smallest absolute Gasteiger partial charge is 0.377 e. The van der Waals surface area contributed by atoms with Gasteiger partial charge in [-0.2, -0.15) is 0 Å². The monoisotopic (exact) mass is 1070 g/mol. The standard InChI is InChI=1S/C28H26F2N2O6.C14H19FN2O3.C14H9FO4.H2/c29-19-5-7-20(8-6-19)38-21-4-1-3-17(13-21)26(34)28(35)31-23(16-32-9-2-10-32)25(33)18-14-22(30)27-24(15-18)36-11-12-37-27;15-10-6-9(7-12-14(10)20-5-4-19-12)13(18)11(16)8-17-2-1-3-17;15-10-4-6-11(7-5-10)19-12-3-1-2-9(8-12)13(16)14(17)18;/h1,3-8,13-15,23,25,33H,2,9-12,16H2,(H,31,35);6-7,11,13,18H,1-5,8,16H2;1-8H,(H,17,18);1H/t23-,25-;11-,13-;;/m11../s1. The highest BCUT2D eigenvalue weighted by Gasteiger charge is 2.32. The van der Waals surface area contributed by atoms with Gasteiger partial charge in [0.15, 0.2) is 34.6 Å². The number of carbonyl (C=O) groups excluding carboxylic acids is 3. The zero-order chi connectivity index (χ0) is 54.6. The van der Waals surface area contributed by atoms with E-state index in [-0.39, 0.29) is 60.9 Å². The highest BCUT2D eigenvalue weighted by Crippen LogP contribution is 2.38. The van der Waals surface area contributed by atoms with Crippen LogP contribution in [0.1, 0.15) is 58.3 Å². The van der Waals surface area contributed by atoms with E-state index in [0.717, 1.165) is 38.7 Å². The maximum absolute atomic E-state index is 14.6. The van der Waals surface area contributed by atoms with Crippen LogP contribution in [0.15, 0.2) is 121 Å². The average Bonchev–Trinajstić information content (AvgIpc) is 3.47. The largest absolute Gasteiger partial charge is 0.486 e. The number of carbonyl (C=O) groups is 4. The Morgan fingerprint density at radius 1 is 0.571 bits per heavy atom. The summed E-state index contributed by atoms with van der Waals surface area (Å²) in [5.41, 5.74) is 6.72. The lowest BCUT2D eigenvalue weighted by Crippen LogP contribution is -2.52. The van der Waals surface area contributed by atoms with Gasteiger partial charge in [-0.05, 0) is 147 Å². The molecular weight excluding hydrogens is 1010 g/mol. The van der Waals surface area contributed by atoms with E-state index in [0.29, 0.717) is 54.1 Å². The number of ketones is 2. The summed E-state index contributed by atoms with van der Waals surface area (Å²) in [5.74, 6) is -4.34. The van der Waals surface area contributed by atoms with Crippen molar-refractivity contribution in [1.82, 2.24) is 15.1 Å². The van der Waals surface area contributed by atoms with Gasteiger partial charge < -0.3 is 64.6 Å². The number of Topliss-reactive ketones (excluding diaryl/α,β-unsaturated/α-hetero) is 2. The molecule has 21 heteroatoms. The number of benzene rings is 6. The third kappa shape index (κ3) is 14.7. The summed E-state index contributed by atoms with van der Waals surface area (Å²) in [4.78, 5) is 52.0. The lowest BCUT2D eigenvalue weighted by atomic mass is 9.99. The summed E-state index contributed by atoms with van der Waals surface area (Å²) in [6, 6.07) is 26.7. The van der Waals surface area contributed by atoms with E-state index < -0.39 is 65.2 Å². The third-order valence-corrected chi connectivity index (χ3v) is 12.5. The minimum absolute atomic E-state index is 0. The zero-order valence-electron chi connectivity index (χ0n) is 41.2. The lowest BCUT2D eigenvalue weighted by Gasteiger charge is -2.36. The van der Waals surface area contributed by atoms with Gasteiger partial charge in [0.05, 0.1) is 12.1 Å². The molecule has 0 saturated carbocycles. The van der Waals surface area contributed by atoms with Crippen molar-refractivity contribution in [3.63, 3.8) is 0 Å². The topological polar surface area (TPSA) is 229 Å². The fraction of sp³-hybridized carbons (Fsp3) is 0.286. The van der Waals surface area contributed by atoms with Crippen LogP contribution in [0.4, 0.5) is 17.6 Å². The van der Waals surface area contributed by atoms with Gasteiger partial charge in [-0.15, -0.1) is 0 Å². The van der Waals surface area contributed by atoms with Crippen molar-refractivity contribution < 1.29 is 81.9 Å². The first kappa shape index (κ1) is 55.2. The van der Waals surface area contributed by atoms with E-state index in [1.807, 2.05) is 4.90 Å². The van der Waals surface area contributed by atoms with Gasteiger partial charge in [0.2, 0.25) is 5.78 Å². The summed E-state index contributed by atoms with van der Waals surface area (Å²) >= 11 is 0. The molecule has 4 aliphatic heterocycles. The second-order valence-electron chi connectivity index (χ2n) is 18.1. The first-order valence-electron chi connectivity index (χ1n) is 24.5. The Hall–Kier alpha value is -8.08. The van der Waals surface area contributed by atoms with Gasteiger partial charge in [0, 0.05) is 31.7 Å². The molecule has 77 heavy (non-hydrogen) atoms. The molecule has 406 valence electrons. The van der Waals surface area contributed by atoms with Crippen LogP contribution in [-0.4, -0.2) is 126 Å². The molecule has 4 atom stereocenters. The number of amides is 1. The van der Waals surface area contributed by atoms with Crippen LogP contribution in [0.3, 0.4) is 0 Å². The number of carboxylic acids is 1. The van der Waals surface area contributed by atoms with Crippen molar-refractivity contribution in [2.45, 2.75) is 37.1 Å². The summed E-state index contributed by atoms with van der Waals surface area (Å²) in [6.07, 6.45) is -0.0804. The molecule has 2 saturated heterocycles. The molecule has 2 fully saturated rings. The Morgan fingerprint density at radius 2 is 1.01 bits per heavy atom. The van der Waals surface area contributed by atoms with Crippen LogP contribution in [0.5, 0.6) is 46.0 Å². The molecule has 6 aromatic carbocycles. The molecule has 0 spiro atoms. The van der Waals surface area contributed by atoms with Crippen LogP contribution >= 0.6 is 0 Å². The van der Waals surface area contributed by atoms with Gasteiger partial charge in [-0.1, -0.05) is 24.3 Å². The molecular formula is C56H56F4N4O13. The number of aliphatic hydroxyl groups excluding tert-OH is 2. The van der Waals surface area contributed by atoms with Gasteiger partial charge >= 0.3 is 5.97 Å². The third-order valence-electron chi connectivity index (χ3n) is 12.5. The van der Waals surface area contributed by atoms with Gasteiger partial charge in [0.25, 0.3) is 11.7 Å². The number of hydrogen-bond donors (Lipinski definition) is 5. The fourth-order valence-electron chi connectivity index (χ4n) is 8.28. The highest BCUT2D eigenvalue weighted by molar-refractivity contribution is 6.43. The number of nitrogens with zero attached hydrogens (tertiary/aromatic N) is 2. The highest BCUT2D eigenvalue weighted by atomic mass is 19.1. The molecule has 0 aliphatic carbocycles. The van der Waals surface area contributed by atoms with Crippen LogP contribution in [0, 0.1) is 23.3 Å². The Bertz CT molecular complexity index is 3060. The number of likely N-dealkylation sites (tertiary alicyclic amines) is 2. The van der Waals surface area contributed by atoms with E-state index in [4.69, 9.17) is 39.3 Å². The number of rotatable bonds is 17. The van der Waals surface area contributed by atoms with Crippen molar-refractivity contribution in [2.24, 2.45) is 5.73 Å². The first-order valence-corrected chi connectivity index (χ1v) is 24.5. The first-order chi connectivity index (χ1) is 37.1. The van der Waals surface area contributed by atoms with Crippen molar-refractivity contribution in [3.05, 3.63) is 167 Å². The number of carboxylic acid groups (broad SMARTS) is 1. The molecule has 6 N–H and O–H groups in total. The number of aliphatic hydroxyl groups is 2. The van der Waals surface area contributed by atoms with E-state index in [9.17, 15) is 47.0 Å². The lowest BCUT2D eigenvalue weighted by molar-refractivity contribution is -0.131. The van der Waals surface area contributed by atoms with Crippen molar-refractivity contribution in [2.75, 3.05) is 65.7 Å². The minimum Gasteiger partial charge on any atom is -0.486 e. The SMILES string of the molecule is N[C@H](CN1CCC1)[C@H](O)c1cc(F)c2c(c1)OCCO2.O=C(N[C@H](CN1CCC1)[C@H](O)c1cc(F)c2c(c1)OCCO2)C(=O)c1cccc(Oc2ccc(F)cc2)c1.O=C(O)C(=O)c1cccc(Oc2ccc(F)cc2)c1.[HH]. The minimum atomic E-state index is -1.53. The van der Waals surface area contributed by atoms with E-state index in [1.165, 1.54) is 97.4 Å². The Kier molecular flexibility index (Phi) is 18.4. The summed E-state index contributed by atoms with van der Waals surface area (Å²) in [6.45, 7) is 5.64. The normalized spacial score (nSPS) is 15.9. The maximum atomic E-state index is 14.6. The summed E-state index contributed by atoms with van der Waals surface area (Å²) in [7, 11) is 0. The number of ether oxygens (including phenoxy) is 6. The van der Waals surface area contributed by atoms with Gasteiger partial charge in [-0.3, -0.25) is 14.4 Å². The molecule has 4 aliphatic rings. The molecule has 0 bridgehead atoms. The predicted octanol–water partition coefficient (Wildman–Crippen LogP) is 7.43. The van der Waals surface area contributed by atoms with E-state index in [2.05, 4.69) is 10.2 Å². The molecule has 6 aromatic rings. The van der Waals surface area contributed by atoms with E-state index in [1.54, 1.807) is 24.3 Å². The molecule has 1 amide bonds. The molecule has 0 unspecified atom stereocenters. The van der Waals surface area contributed by atoms with Gasteiger partial charge in [0.1, 0.15) is 67.2 Å². The molecule has 10 rings (SSSR count). The molecule has 0 radical (unpaired) electrons. The number of nitrogens with one attached hydrogen (secondary N) is 1. The predicted molar refractivity (Wildman–Crippen MR) is 271 cm³/mol. The number of hydrogen-bond acceptors (Lipinski definition) is 15. The van der Waals surface area contributed by atoms with Crippen molar-refractivity contribution in [1.29, 1.82) is 0 Å². The number of fused-ring (bicyclic) bond motifs is 2. The van der Waals surface area contributed by atoms with Crippen LogP contribution < -0.4 is 39.5 Å². The maximum Gasteiger partial charge on any atom is 0.377 e. The Balaban J connectivity index is 0.000000186. The quantitative estimate of drug-likeness (QED) is 0.0340. The number of halogens is 4. The summed E-state index contributed by atoms with van der Waals surface area (Å²) < 4.78 is 86.8. The second kappa shape index (κ2) is 25.6. The van der Waals surface area contributed by atoms with Crippen LogP contribution in [-0.2, 0) is 9.59 Å². The van der Waals surface area contributed by atoms with Crippen LogP contribution in [0.25, 0.3) is 0 Å². The Morgan fingerprint density at radius 3 is 1.47 bits per heavy atom. The van der Waals surface area contributed by atoms with Gasteiger partial charge in [-0.25, -0.2) is 22.4 Å². The van der Waals surface area contributed by atoms with Crippen LogP contribution in [0.2, 0.25) is 0 Å².